The standard InChI is InChI=1S/C16H15NO4/c1-20-15(18)10-14(16(19)21-2)17-13-9-5-7-11-6-3-4-8-12(11)13/h3-10,17H,1-2H3/b14-10+. The number of methoxy groups -OCH3 is 2. The van der Waals surface area contributed by atoms with Crippen LogP contribution in [0.25, 0.3) is 10.8 Å². The number of fused-ring (bicyclic) bond motifs is 1. The molecule has 2 aromatic carbocycles. The fourth-order valence-corrected chi connectivity index (χ4v) is 1.91. The second kappa shape index (κ2) is 6.56. The molecule has 5 nitrogen and oxygen atoms in total. The van der Waals surface area contributed by atoms with Gasteiger partial charge in [-0.05, 0) is 11.5 Å². The average molecular weight is 285 g/mol. The van der Waals surface area contributed by atoms with Crippen LogP contribution in [0.1, 0.15) is 0 Å². The van der Waals surface area contributed by atoms with Crippen LogP contribution in [0.15, 0.2) is 54.2 Å². The summed E-state index contributed by atoms with van der Waals surface area (Å²) in [5, 5.41) is 4.87. The Hall–Kier alpha value is -2.82. The minimum atomic E-state index is -0.645. The van der Waals surface area contributed by atoms with Crippen LogP contribution in [-0.2, 0) is 19.1 Å². The molecule has 0 fully saturated rings. The quantitative estimate of drug-likeness (QED) is 0.690. The maximum atomic E-state index is 11.7. The van der Waals surface area contributed by atoms with Gasteiger partial charge in [-0.25, -0.2) is 9.59 Å². The van der Waals surface area contributed by atoms with Crippen molar-refractivity contribution in [1.82, 2.24) is 0 Å². The normalized spacial score (nSPS) is 11.0. The van der Waals surface area contributed by atoms with Gasteiger partial charge >= 0.3 is 11.9 Å². The van der Waals surface area contributed by atoms with Crippen molar-refractivity contribution in [2.75, 3.05) is 19.5 Å². The van der Waals surface area contributed by atoms with Crippen molar-refractivity contribution in [2.24, 2.45) is 0 Å². The van der Waals surface area contributed by atoms with Gasteiger partial charge in [0.15, 0.2) is 0 Å². The summed E-state index contributed by atoms with van der Waals surface area (Å²) in [4.78, 5) is 23.1. The van der Waals surface area contributed by atoms with Gasteiger partial charge in [-0.15, -0.1) is 0 Å². The number of carbonyl (C=O) groups excluding carboxylic acids is 2. The van der Waals surface area contributed by atoms with E-state index in [1.54, 1.807) is 0 Å². The maximum Gasteiger partial charge on any atom is 0.354 e. The lowest BCUT2D eigenvalue weighted by atomic mass is 10.1. The lowest BCUT2D eigenvalue weighted by Crippen LogP contribution is -2.15. The highest BCUT2D eigenvalue weighted by Gasteiger charge is 2.13. The van der Waals surface area contributed by atoms with E-state index in [9.17, 15) is 9.59 Å². The van der Waals surface area contributed by atoms with Crippen molar-refractivity contribution in [3.63, 3.8) is 0 Å². The van der Waals surface area contributed by atoms with E-state index < -0.39 is 11.9 Å². The van der Waals surface area contributed by atoms with Gasteiger partial charge in [0.05, 0.1) is 20.3 Å². The molecule has 5 heteroatoms. The first-order valence-corrected chi connectivity index (χ1v) is 6.28. The first-order valence-electron chi connectivity index (χ1n) is 6.28. The summed E-state index contributed by atoms with van der Waals surface area (Å²) in [6.07, 6.45) is 1.06. The van der Waals surface area contributed by atoms with E-state index in [2.05, 4.69) is 14.8 Å². The van der Waals surface area contributed by atoms with E-state index in [1.165, 1.54) is 14.2 Å². The molecule has 2 rings (SSSR count). The molecular formula is C16H15NO4. The molecular weight excluding hydrogens is 270 g/mol. The first kappa shape index (κ1) is 14.6. The number of benzene rings is 2. The second-order valence-corrected chi connectivity index (χ2v) is 4.22. The minimum Gasteiger partial charge on any atom is -0.466 e. The zero-order valence-electron chi connectivity index (χ0n) is 11.8. The van der Waals surface area contributed by atoms with Gasteiger partial charge in [0.2, 0.25) is 0 Å². The highest BCUT2D eigenvalue weighted by molar-refractivity contribution is 6.02. The lowest BCUT2D eigenvalue weighted by molar-refractivity contribution is -0.138. The fourth-order valence-electron chi connectivity index (χ4n) is 1.91. The number of hydrogen-bond acceptors (Lipinski definition) is 5. The van der Waals surface area contributed by atoms with Gasteiger partial charge in [-0.1, -0.05) is 36.4 Å². The van der Waals surface area contributed by atoms with Gasteiger partial charge in [0, 0.05) is 11.1 Å². The molecule has 108 valence electrons. The highest BCUT2D eigenvalue weighted by Crippen LogP contribution is 2.24. The van der Waals surface area contributed by atoms with E-state index >= 15 is 0 Å². The monoisotopic (exact) mass is 285 g/mol. The van der Waals surface area contributed by atoms with Crippen LogP contribution in [0.2, 0.25) is 0 Å². The van der Waals surface area contributed by atoms with E-state index in [1.807, 2.05) is 42.5 Å². The Kier molecular flexibility index (Phi) is 4.56. The molecule has 0 aliphatic rings. The number of anilines is 1. The summed E-state index contributed by atoms with van der Waals surface area (Å²) >= 11 is 0. The molecule has 0 heterocycles. The van der Waals surface area contributed by atoms with Crippen molar-refractivity contribution in [3.05, 3.63) is 54.2 Å². The van der Waals surface area contributed by atoms with Crippen LogP contribution in [0.3, 0.4) is 0 Å². The van der Waals surface area contributed by atoms with Crippen LogP contribution in [0.5, 0.6) is 0 Å². The van der Waals surface area contributed by atoms with E-state index in [0.29, 0.717) is 5.69 Å². The van der Waals surface area contributed by atoms with E-state index in [-0.39, 0.29) is 5.70 Å². The summed E-state index contributed by atoms with van der Waals surface area (Å²) in [7, 11) is 2.49. The molecule has 0 saturated carbocycles. The second-order valence-electron chi connectivity index (χ2n) is 4.22. The summed E-state index contributed by atoms with van der Waals surface area (Å²) in [5.74, 6) is -1.28. The fraction of sp³-hybridized carbons (Fsp3) is 0.125. The summed E-state index contributed by atoms with van der Waals surface area (Å²) in [5.41, 5.74) is 0.717. The average Bonchev–Trinajstić information content (AvgIpc) is 2.53. The SMILES string of the molecule is COC(=O)/C=C(/Nc1cccc2ccccc12)C(=O)OC. The predicted octanol–water partition coefficient (Wildman–Crippen LogP) is 2.48. The molecule has 2 aromatic rings. The van der Waals surface area contributed by atoms with Crippen molar-refractivity contribution in [2.45, 2.75) is 0 Å². The van der Waals surface area contributed by atoms with Gasteiger partial charge < -0.3 is 14.8 Å². The molecule has 0 radical (unpaired) electrons. The molecule has 1 N–H and O–H groups in total. The Morgan fingerprint density at radius 2 is 1.71 bits per heavy atom. The number of rotatable bonds is 4. The molecule has 0 aliphatic heterocycles. The third-order valence-corrected chi connectivity index (χ3v) is 2.93. The zero-order valence-corrected chi connectivity index (χ0v) is 11.8. The Bertz CT molecular complexity index is 701. The largest absolute Gasteiger partial charge is 0.466 e. The molecule has 0 saturated heterocycles. The smallest absolute Gasteiger partial charge is 0.354 e. The van der Waals surface area contributed by atoms with Crippen molar-refractivity contribution >= 4 is 28.4 Å². The van der Waals surface area contributed by atoms with Crippen molar-refractivity contribution in [3.8, 4) is 0 Å². The van der Waals surface area contributed by atoms with Gasteiger partial charge in [-0.3, -0.25) is 0 Å². The Morgan fingerprint density at radius 3 is 2.43 bits per heavy atom. The van der Waals surface area contributed by atoms with E-state index in [4.69, 9.17) is 0 Å². The molecule has 0 unspecified atom stereocenters. The Morgan fingerprint density at radius 1 is 1.00 bits per heavy atom. The summed E-state index contributed by atoms with van der Waals surface area (Å²) in [6, 6.07) is 13.3. The van der Waals surface area contributed by atoms with Gasteiger partial charge in [0.25, 0.3) is 0 Å². The predicted molar refractivity (Wildman–Crippen MR) is 79.7 cm³/mol. The zero-order chi connectivity index (χ0) is 15.2. The highest BCUT2D eigenvalue weighted by atomic mass is 16.5. The van der Waals surface area contributed by atoms with Crippen LogP contribution in [-0.4, -0.2) is 26.2 Å². The molecule has 0 amide bonds. The molecule has 0 atom stereocenters. The van der Waals surface area contributed by atoms with Crippen LogP contribution < -0.4 is 5.32 Å². The third-order valence-electron chi connectivity index (χ3n) is 2.93. The molecule has 0 aromatic heterocycles. The van der Waals surface area contributed by atoms with Crippen molar-refractivity contribution < 1.29 is 19.1 Å². The number of carbonyl (C=O) groups is 2. The van der Waals surface area contributed by atoms with Crippen LogP contribution >= 0.6 is 0 Å². The molecule has 0 spiro atoms. The minimum absolute atomic E-state index is 0.0145. The van der Waals surface area contributed by atoms with Gasteiger partial charge in [-0.2, -0.15) is 0 Å². The van der Waals surface area contributed by atoms with Crippen molar-refractivity contribution in [1.29, 1.82) is 0 Å². The number of nitrogens with one attached hydrogen (secondary N) is 1. The van der Waals surface area contributed by atoms with Crippen LogP contribution in [0, 0.1) is 0 Å². The molecule has 0 bridgehead atoms. The number of esters is 2. The van der Waals surface area contributed by atoms with Crippen LogP contribution in [0.4, 0.5) is 5.69 Å². The number of ether oxygens (including phenoxy) is 2. The summed E-state index contributed by atoms with van der Waals surface area (Å²) in [6.45, 7) is 0. The van der Waals surface area contributed by atoms with Gasteiger partial charge in [0.1, 0.15) is 5.70 Å². The maximum absolute atomic E-state index is 11.7. The summed E-state index contributed by atoms with van der Waals surface area (Å²) < 4.78 is 9.20. The topological polar surface area (TPSA) is 64.6 Å². The first-order chi connectivity index (χ1) is 10.2. The number of hydrogen-bond donors (Lipinski definition) is 1. The Balaban J connectivity index is 2.41. The molecule has 21 heavy (non-hydrogen) atoms. The Labute approximate surface area is 122 Å². The van der Waals surface area contributed by atoms with E-state index in [0.717, 1.165) is 16.8 Å². The molecule has 0 aliphatic carbocycles. The lowest BCUT2D eigenvalue weighted by Gasteiger charge is -2.11. The third kappa shape index (κ3) is 3.39.